The molecule has 0 saturated heterocycles. The van der Waals surface area contributed by atoms with Crippen LogP contribution in [0.5, 0.6) is 0 Å². The standard InChI is InChI=1S/C29H26F3NO3/c1-2-3-4-21-5-7-22(8-6-21)9-10-23-11-13-25(14-12-23)20-36-28(35)27(34)33-19-24-15-17-26(18-16-24)29(30,31)32/h5-8,11-18H,2-4,19-20H2,1H3,(H,33,34). The number of esters is 1. The molecule has 0 atom stereocenters. The molecule has 3 aromatic rings. The minimum Gasteiger partial charge on any atom is -0.454 e. The Balaban J connectivity index is 1.44. The average molecular weight is 494 g/mol. The summed E-state index contributed by atoms with van der Waals surface area (Å²) in [5, 5.41) is 2.33. The number of benzene rings is 3. The zero-order valence-electron chi connectivity index (χ0n) is 19.8. The quantitative estimate of drug-likeness (QED) is 0.257. The summed E-state index contributed by atoms with van der Waals surface area (Å²) >= 11 is 0. The fourth-order valence-corrected chi connectivity index (χ4v) is 3.24. The van der Waals surface area contributed by atoms with Crippen molar-refractivity contribution in [2.24, 2.45) is 0 Å². The fourth-order valence-electron chi connectivity index (χ4n) is 3.24. The van der Waals surface area contributed by atoms with E-state index in [-0.39, 0.29) is 13.2 Å². The van der Waals surface area contributed by atoms with Crippen LogP contribution in [-0.2, 0) is 40.1 Å². The van der Waals surface area contributed by atoms with Gasteiger partial charge >= 0.3 is 18.1 Å². The number of ether oxygens (including phenoxy) is 1. The van der Waals surface area contributed by atoms with Crippen molar-refractivity contribution >= 4 is 11.9 Å². The van der Waals surface area contributed by atoms with Gasteiger partial charge in [-0.3, -0.25) is 4.79 Å². The van der Waals surface area contributed by atoms with Crippen molar-refractivity contribution in [2.75, 3.05) is 0 Å². The molecule has 3 rings (SSSR count). The summed E-state index contributed by atoms with van der Waals surface area (Å²) in [7, 11) is 0. The number of aryl methyl sites for hydroxylation is 1. The molecule has 0 heterocycles. The van der Waals surface area contributed by atoms with Crippen molar-refractivity contribution in [1.82, 2.24) is 5.32 Å². The van der Waals surface area contributed by atoms with Gasteiger partial charge in [0.05, 0.1) is 5.56 Å². The molecule has 0 spiro atoms. The van der Waals surface area contributed by atoms with Crippen LogP contribution in [0.3, 0.4) is 0 Å². The topological polar surface area (TPSA) is 55.4 Å². The van der Waals surface area contributed by atoms with E-state index in [0.29, 0.717) is 11.1 Å². The summed E-state index contributed by atoms with van der Waals surface area (Å²) in [5.41, 5.74) is 3.35. The van der Waals surface area contributed by atoms with Crippen molar-refractivity contribution in [2.45, 2.75) is 45.5 Å². The van der Waals surface area contributed by atoms with Crippen LogP contribution in [0, 0.1) is 11.8 Å². The number of alkyl halides is 3. The maximum atomic E-state index is 12.6. The number of rotatable bonds is 7. The van der Waals surface area contributed by atoms with Crippen molar-refractivity contribution in [3.05, 3.63) is 106 Å². The fraction of sp³-hybridized carbons (Fsp3) is 0.241. The van der Waals surface area contributed by atoms with Crippen molar-refractivity contribution in [3.8, 4) is 11.8 Å². The molecular formula is C29H26F3NO3. The Kier molecular flexibility index (Phi) is 9.29. The van der Waals surface area contributed by atoms with Crippen LogP contribution in [0.2, 0.25) is 0 Å². The molecule has 0 unspecified atom stereocenters. The van der Waals surface area contributed by atoms with E-state index < -0.39 is 23.6 Å². The Hall–Kier alpha value is -4.05. The molecular weight excluding hydrogens is 467 g/mol. The first-order valence-electron chi connectivity index (χ1n) is 11.6. The molecule has 0 aromatic heterocycles. The summed E-state index contributed by atoms with van der Waals surface area (Å²) in [4.78, 5) is 23.9. The predicted molar refractivity (Wildman–Crippen MR) is 131 cm³/mol. The lowest BCUT2D eigenvalue weighted by atomic mass is 10.1. The Labute approximate surface area is 208 Å². The molecule has 36 heavy (non-hydrogen) atoms. The number of carbonyl (C=O) groups is 2. The second-order valence-electron chi connectivity index (χ2n) is 8.20. The van der Waals surface area contributed by atoms with Gasteiger partial charge in [-0.1, -0.05) is 61.6 Å². The Morgan fingerprint density at radius 3 is 1.86 bits per heavy atom. The number of hydrogen-bond acceptors (Lipinski definition) is 3. The van der Waals surface area contributed by atoms with Gasteiger partial charge in [-0.05, 0) is 65.9 Å². The molecule has 3 aromatic carbocycles. The van der Waals surface area contributed by atoms with Gasteiger partial charge in [0.15, 0.2) is 0 Å². The smallest absolute Gasteiger partial charge is 0.416 e. The average Bonchev–Trinajstić information content (AvgIpc) is 2.89. The summed E-state index contributed by atoms with van der Waals surface area (Å²) in [5.74, 6) is 4.17. The maximum absolute atomic E-state index is 12.6. The minimum absolute atomic E-state index is 0.0963. The highest BCUT2D eigenvalue weighted by molar-refractivity contribution is 6.32. The summed E-state index contributed by atoms with van der Waals surface area (Å²) in [6, 6.07) is 19.6. The third-order valence-electron chi connectivity index (χ3n) is 5.37. The molecule has 0 bridgehead atoms. The summed E-state index contributed by atoms with van der Waals surface area (Å²) in [6.07, 6.45) is -1.04. The van der Waals surface area contributed by atoms with Gasteiger partial charge < -0.3 is 10.1 Å². The van der Waals surface area contributed by atoms with Crippen molar-refractivity contribution < 1.29 is 27.5 Å². The van der Waals surface area contributed by atoms with E-state index >= 15 is 0 Å². The van der Waals surface area contributed by atoms with E-state index in [2.05, 4.69) is 36.2 Å². The van der Waals surface area contributed by atoms with E-state index in [4.69, 9.17) is 4.74 Å². The van der Waals surface area contributed by atoms with Gasteiger partial charge in [-0.15, -0.1) is 0 Å². The first-order valence-corrected chi connectivity index (χ1v) is 11.6. The first-order chi connectivity index (χ1) is 17.2. The number of nitrogens with one attached hydrogen (secondary N) is 1. The number of halogens is 3. The number of amides is 1. The second-order valence-corrected chi connectivity index (χ2v) is 8.20. The zero-order valence-corrected chi connectivity index (χ0v) is 19.8. The maximum Gasteiger partial charge on any atom is 0.416 e. The molecule has 0 saturated carbocycles. The van der Waals surface area contributed by atoms with Crippen molar-refractivity contribution in [1.29, 1.82) is 0 Å². The molecule has 0 aliphatic carbocycles. The molecule has 4 nitrogen and oxygen atoms in total. The Morgan fingerprint density at radius 2 is 1.33 bits per heavy atom. The van der Waals surface area contributed by atoms with Gasteiger partial charge in [0.25, 0.3) is 0 Å². The number of hydrogen-bond donors (Lipinski definition) is 1. The van der Waals surface area contributed by atoms with Crippen LogP contribution in [0.25, 0.3) is 0 Å². The predicted octanol–water partition coefficient (Wildman–Crippen LogP) is 5.81. The molecule has 0 fully saturated rings. The zero-order chi connectivity index (χ0) is 26.0. The molecule has 7 heteroatoms. The minimum atomic E-state index is -4.43. The Morgan fingerprint density at radius 1 is 0.806 bits per heavy atom. The van der Waals surface area contributed by atoms with Crippen LogP contribution < -0.4 is 5.32 Å². The largest absolute Gasteiger partial charge is 0.454 e. The summed E-state index contributed by atoms with van der Waals surface area (Å²) in [6.45, 7) is 1.97. The third-order valence-corrected chi connectivity index (χ3v) is 5.37. The lowest BCUT2D eigenvalue weighted by Crippen LogP contribution is -2.32. The van der Waals surface area contributed by atoms with E-state index in [1.54, 1.807) is 24.3 Å². The van der Waals surface area contributed by atoms with Gasteiger partial charge in [-0.25, -0.2) is 4.79 Å². The van der Waals surface area contributed by atoms with Gasteiger partial charge in [0.1, 0.15) is 6.61 Å². The molecule has 1 amide bonds. The monoisotopic (exact) mass is 493 g/mol. The third kappa shape index (κ3) is 8.31. The van der Waals surface area contributed by atoms with Crippen LogP contribution in [-0.4, -0.2) is 11.9 Å². The van der Waals surface area contributed by atoms with Gasteiger partial charge in [0, 0.05) is 17.7 Å². The molecule has 0 aliphatic rings. The van der Waals surface area contributed by atoms with Gasteiger partial charge in [-0.2, -0.15) is 13.2 Å². The lowest BCUT2D eigenvalue weighted by Gasteiger charge is -2.09. The van der Waals surface area contributed by atoms with Crippen molar-refractivity contribution in [3.63, 3.8) is 0 Å². The lowest BCUT2D eigenvalue weighted by molar-refractivity contribution is -0.155. The van der Waals surface area contributed by atoms with Crippen LogP contribution in [0.4, 0.5) is 13.2 Å². The Bertz CT molecular complexity index is 1220. The molecule has 1 N–H and O–H groups in total. The molecule has 186 valence electrons. The van der Waals surface area contributed by atoms with E-state index in [1.807, 2.05) is 12.1 Å². The number of carbonyl (C=O) groups excluding carboxylic acids is 2. The first kappa shape index (κ1) is 26.6. The highest BCUT2D eigenvalue weighted by atomic mass is 19.4. The highest BCUT2D eigenvalue weighted by Crippen LogP contribution is 2.29. The highest BCUT2D eigenvalue weighted by Gasteiger charge is 2.29. The van der Waals surface area contributed by atoms with E-state index in [0.717, 1.165) is 36.1 Å². The van der Waals surface area contributed by atoms with Gasteiger partial charge in [0.2, 0.25) is 0 Å². The van der Waals surface area contributed by atoms with E-state index in [1.165, 1.54) is 24.1 Å². The van der Waals surface area contributed by atoms with Crippen LogP contribution in [0.1, 0.15) is 53.1 Å². The molecule has 0 aliphatic heterocycles. The van der Waals surface area contributed by atoms with Crippen LogP contribution >= 0.6 is 0 Å². The van der Waals surface area contributed by atoms with Crippen LogP contribution in [0.15, 0.2) is 72.8 Å². The second kappa shape index (κ2) is 12.6. The van der Waals surface area contributed by atoms with E-state index in [9.17, 15) is 22.8 Å². The SMILES string of the molecule is CCCCc1ccc(C#Cc2ccc(COC(=O)C(=O)NCc3ccc(C(F)(F)F)cc3)cc2)cc1. The number of unbranched alkanes of at least 4 members (excludes halogenated alkanes) is 1. The molecule has 0 radical (unpaired) electrons. The normalized spacial score (nSPS) is 10.8. The summed E-state index contributed by atoms with van der Waals surface area (Å²) < 4.78 is 42.8.